The summed E-state index contributed by atoms with van der Waals surface area (Å²) in [4.78, 5) is 11.0. The van der Waals surface area contributed by atoms with E-state index in [-0.39, 0.29) is 12.1 Å². The van der Waals surface area contributed by atoms with Crippen LogP contribution in [0.5, 0.6) is 0 Å². The second kappa shape index (κ2) is 7.07. The quantitative estimate of drug-likeness (QED) is 0.770. The lowest BCUT2D eigenvalue weighted by Gasteiger charge is -2.13. The number of hydrogen-bond donors (Lipinski definition) is 1. The summed E-state index contributed by atoms with van der Waals surface area (Å²) in [6.45, 7) is 7.25. The minimum absolute atomic E-state index is 0.0760. The molecular weight excluding hydrogens is 214 g/mol. The smallest absolute Gasteiger partial charge is 0.305 e. The van der Waals surface area contributed by atoms with E-state index in [1.807, 2.05) is 6.92 Å². The molecule has 0 aliphatic heterocycles. The molecule has 1 rings (SSSR count). The summed E-state index contributed by atoms with van der Waals surface area (Å²) in [5.41, 5.74) is 2.50. The van der Waals surface area contributed by atoms with E-state index >= 15 is 0 Å². The molecule has 17 heavy (non-hydrogen) atoms. The summed E-state index contributed by atoms with van der Waals surface area (Å²) in [6, 6.07) is 8.39. The normalized spacial score (nSPS) is 12.2. The third kappa shape index (κ3) is 5.50. The van der Waals surface area contributed by atoms with Crippen molar-refractivity contribution in [2.24, 2.45) is 0 Å². The van der Waals surface area contributed by atoms with Gasteiger partial charge in [-0.1, -0.05) is 36.8 Å². The molecule has 0 bridgehead atoms. The number of hydrogen-bond acceptors (Lipinski definition) is 3. The Morgan fingerprint density at radius 1 is 1.35 bits per heavy atom. The number of aryl methyl sites for hydroxylation is 1. The molecule has 1 atom stereocenters. The molecule has 0 fully saturated rings. The molecule has 0 heterocycles. The third-order valence-electron chi connectivity index (χ3n) is 2.50. The first-order valence-electron chi connectivity index (χ1n) is 6.07. The summed E-state index contributed by atoms with van der Waals surface area (Å²) in [7, 11) is 0. The molecule has 1 aromatic rings. The van der Waals surface area contributed by atoms with E-state index in [9.17, 15) is 4.79 Å². The maximum atomic E-state index is 11.0. The Morgan fingerprint density at radius 2 is 2.00 bits per heavy atom. The highest BCUT2D eigenvalue weighted by Crippen LogP contribution is 2.02. The average molecular weight is 235 g/mol. The highest BCUT2D eigenvalue weighted by Gasteiger charge is 2.06. The second-order valence-electron chi connectivity index (χ2n) is 4.27. The molecule has 94 valence electrons. The van der Waals surface area contributed by atoms with Crippen molar-refractivity contribution in [2.75, 3.05) is 6.54 Å². The fourth-order valence-corrected chi connectivity index (χ4v) is 1.48. The zero-order valence-corrected chi connectivity index (χ0v) is 10.8. The molecule has 0 spiro atoms. The van der Waals surface area contributed by atoms with Gasteiger partial charge in [0.1, 0.15) is 6.10 Å². The molecule has 0 aliphatic rings. The van der Waals surface area contributed by atoms with Crippen molar-refractivity contribution in [1.29, 1.82) is 0 Å². The van der Waals surface area contributed by atoms with E-state index < -0.39 is 0 Å². The van der Waals surface area contributed by atoms with Crippen LogP contribution in [0.2, 0.25) is 0 Å². The molecule has 3 heteroatoms. The predicted octanol–water partition coefficient (Wildman–Crippen LogP) is 2.43. The summed E-state index contributed by atoms with van der Waals surface area (Å²) in [5.74, 6) is -0.144. The summed E-state index contributed by atoms with van der Waals surface area (Å²) in [5, 5.41) is 3.27. The number of benzene rings is 1. The van der Waals surface area contributed by atoms with Crippen LogP contribution in [0.25, 0.3) is 0 Å². The van der Waals surface area contributed by atoms with Gasteiger partial charge in [-0.3, -0.25) is 4.79 Å². The number of carbonyl (C=O) groups is 1. The second-order valence-corrected chi connectivity index (χ2v) is 4.27. The molecule has 1 aromatic carbocycles. The number of ether oxygens (including phenoxy) is 1. The number of rotatable bonds is 6. The standard InChI is InChI=1S/C14H21NO2/c1-4-14(16)17-12(3)9-15-10-13-7-5-11(2)6-8-13/h5-8,12,15H,4,9-10H2,1-3H3. The zero-order chi connectivity index (χ0) is 12.7. The van der Waals surface area contributed by atoms with Gasteiger partial charge < -0.3 is 10.1 Å². The molecule has 3 nitrogen and oxygen atoms in total. The molecule has 0 saturated heterocycles. The van der Waals surface area contributed by atoms with Crippen molar-refractivity contribution in [3.05, 3.63) is 35.4 Å². The Kier molecular flexibility index (Phi) is 5.70. The third-order valence-corrected chi connectivity index (χ3v) is 2.50. The SMILES string of the molecule is CCC(=O)OC(C)CNCc1ccc(C)cc1. The molecule has 0 amide bonds. The van der Waals surface area contributed by atoms with Crippen LogP contribution in [-0.2, 0) is 16.1 Å². The van der Waals surface area contributed by atoms with Crippen LogP contribution in [0.1, 0.15) is 31.4 Å². The first kappa shape index (κ1) is 13.7. The Hall–Kier alpha value is -1.35. The van der Waals surface area contributed by atoms with Gasteiger partial charge in [0.15, 0.2) is 0 Å². The van der Waals surface area contributed by atoms with Crippen LogP contribution < -0.4 is 5.32 Å². The first-order chi connectivity index (χ1) is 8.11. The lowest BCUT2D eigenvalue weighted by molar-refractivity contribution is -0.147. The molecule has 0 radical (unpaired) electrons. The largest absolute Gasteiger partial charge is 0.461 e. The lowest BCUT2D eigenvalue weighted by Crippen LogP contribution is -2.28. The zero-order valence-electron chi connectivity index (χ0n) is 10.8. The molecule has 0 aromatic heterocycles. The van der Waals surface area contributed by atoms with Crippen LogP contribution in [0.4, 0.5) is 0 Å². The Labute approximate surface area is 103 Å². The molecule has 1 unspecified atom stereocenters. The molecule has 0 aliphatic carbocycles. The summed E-state index contributed by atoms with van der Waals surface area (Å²) >= 11 is 0. The first-order valence-corrected chi connectivity index (χ1v) is 6.07. The van der Waals surface area contributed by atoms with Crippen molar-refractivity contribution >= 4 is 5.97 Å². The van der Waals surface area contributed by atoms with Gasteiger partial charge >= 0.3 is 5.97 Å². The van der Waals surface area contributed by atoms with Gasteiger partial charge in [0.05, 0.1) is 0 Å². The Morgan fingerprint density at radius 3 is 2.59 bits per heavy atom. The van der Waals surface area contributed by atoms with Gasteiger partial charge in [-0.15, -0.1) is 0 Å². The highest BCUT2D eigenvalue weighted by molar-refractivity contribution is 5.69. The number of nitrogens with one attached hydrogen (secondary N) is 1. The predicted molar refractivity (Wildman–Crippen MR) is 68.7 cm³/mol. The van der Waals surface area contributed by atoms with Gasteiger partial charge in [0.2, 0.25) is 0 Å². The minimum Gasteiger partial charge on any atom is -0.461 e. The number of carbonyl (C=O) groups excluding carboxylic acids is 1. The monoisotopic (exact) mass is 235 g/mol. The topological polar surface area (TPSA) is 38.3 Å². The lowest BCUT2D eigenvalue weighted by atomic mass is 10.1. The van der Waals surface area contributed by atoms with Crippen molar-refractivity contribution < 1.29 is 9.53 Å². The highest BCUT2D eigenvalue weighted by atomic mass is 16.5. The van der Waals surface area contributed by atoms with Crippen LogP contribution in [0.3, 0.4) is 0 Å². The number of esters is 1. The van der Waals surface area contributed by atoms with Crippen molar-refractivity contribution in [1.82, 2.24) is 5.32 Å². The van der Waals surface area contributed by atoms with E-state index in [1.54, 1.807) is 6.92 Å². The molecule has 1 N–H and O–H groups in total. The van der Waals surface area contributed by atoms with Crippen LogP contribution in [0, 0.1) is 6.92 Å². The fraction of sp³-hybridized carbons (Fsp3) is 0.500. The van der Waals surface area contributed by atoms with Crippen molar-refractivity contribution in [3.8, 4) is 0 Å². The van der Waals surface area contributed by atoms with Crippen LogP contribution in [-0.4, -0.2) is 18.6 Å². The van der Waals surface area contributed by atoms with Gasteiger partial charge in [0.25, 0.3) is 0 Å². The van der Waals surface area contributed by atoms with Gasteiger partial charge in [0, 0.05) is 19.5 Å². The van der Waals surface area contributed by atoms with E-state index in [0.717, 1.165) is 6.54 Å². The van der Waals surface area contributed by atoms with Gasteiger partial charge in [-0.2, -0.15) is 0 Å². The maximum Gasteiger partial charge on any atom is 0.305 e. The van der Waals surface area contributed by atoms with Crippen molar-refractivity contribution in [3.63, 3.8) is 0 Å². The van der Waals surface area contributed by atoms with Gasteiger partial charge in [-0.25, -0.2) is 0 Å². The Bertz CT molecular complexity index is 346. The van der Waals surface area contributed by atoms with E-state index in [1.165, 1.54) is 11.1 Å². The Balaban J connectivity index is 2.23. The van der Waals surface area contributed by atoms with E-state index in [4.69, 9.17) is 4.74 Å². The minimum atomic E-state index is -0.144. The van der Waals surface area contributed by atoms with Gasteiger partial charge in [-0.05, 0) is 19.4 Å². The maximum absolute atomic E-state index is 11.0. The molecule has 0 saturated carbocycles. The summed E-state index contributed by atoms with van der Waals surface area (Å²) in [6.07, 6.45) is 0.357. The molecular formula is C14H21NO2. The van der Waals surface area contributed by atoms with Crippen molar-refractivity contribution in [2.45, 2.75) is 39.8 Å². The fourth-order valence-electron chi connectivity index (χ4n) is 1.48. The average Bonchev–Trinajstić information content (AvgIpc) is 2.31. The summed E-state index contributed by atoms with van der Waals surface area (Å²) < 4.78 is 5.16. The van der Waals surface area contributed by atoms with E-state index in [2.05, 4.69) is 36.5 Å². The van der Waals surface area contributed by atoms with Crippen LogP contribution in [0.15, 0.2) is 24.3 Å². The van der Waals surface area contributed by atoms with Crippen LogP contribution >= 0.6 is 0 Å². The van der Waals surface area contributed by atoms with E-state index in [0.29, 0.717) is 13.0 Å².